The second kappa shape index (κ2) is 9.24. The van der Waals surface area contributed by atoms with E-state index in [-0.39, 0.29) is 23.7 Å². The van der Waals surface area contributed by atoms with Gasteiger partial charge in [-0.3, -0.25) is 0 Å². The van der Waals surface area contributed by atoms with E-state index in [1.165, 1.54) is 11.8 Å². The molecule has 3 rings (SSSR count). The molecule has 0 amide bonds. The van der Waals surface area contributed by atoms with Gasteiger partial charge in [0, 0.05) is 17.6 Å². The standard InChI is InChI=1S/C22H36N2O3S/c1-4-22(5-2)15-20(24-28(3,25)26)21(23-22)16-27-19-13-11-18(12-14-19)17-9-7-6-8-10-17/h6-10,18-21,23-24H,4-5,11-16H2,1-3H3/t18?,19?,20-,21-/m1/s1. The molecular formula is C22H36N2O3S. The Balaban J connectivity index is 1.54. The third-order valence-electron chi connectivity index (χ3n) is 6.76. The molecule has 2 atom stereocenters. The van der Waals surface area contributed by atoms with Gasteiger partial charge < -0.3 is 10.1 Å². The largest absolute Gasteiger partial charge is 0.377 e. The molecule has 1 aromatic carbocycles. The molecule has 6 heteroatoms. The minimum Gasteiger partial charge on any atom is -0.377 e. The van der Waals surface area contributed by atoms with Crippen molar-refractivity contribution in [2.45, 2.75) is 88.4 Å². The van der Waals surface area contributed by atoms with Crippen molar-refractivity contribution in [3.63, 3.8) is 0 Å². The van der Waals surface area contributed by atoms with Gasteiger partial charge in [-0.2, -0.15) is 0 Å². The van der Waals surface area contributed by atoms with Crippen LogP contribution in [0.4, 0.5) is 0 Å². The normalized spacial score (nSPS) is 30.4. The van der Waals surface area contributed by atoms with Gasteiger partial charge in [0.05, 0.1) is 19.0 Å². The van der Waals surface area contributed by atoms with Crippen LogP contribution in [-0.2, 0) is 14.8 Å². The first-order chi connectivity index (χ1) is 13.3. The lowest BCUT2D eigenvalue weighted by molar-refractivity contribution is 0.0111. The second-order valence-corrected chi connectivity index (χ2v) is 10.4. The fraction of sp³-hybridized carbons (Fsp3) is 0.727. The van der Waals surface area contributed by atoms with E-state index >= 15 is 0 Å². The third kappa shape index (κ3) is 5.56. The Morgan fingerprint density at radius 1 is 1.11 bits per heavy atom. The second-order valence-electron chi connectivity index (χ2n) is 8.66. The summed E-state index contributed by atoms with van der Waals surface area (Å²) in [4.78, 5) is 0. The van der Waals surface area contributed by atoms with Gasteiger partial charge in [0.15, 0.2) is 0 Å². The van der Waals surface area contributed by atoms with Crippen molar-refractivity contribution in [2.24, 2.45) is 0 Å². The average Bonchev–Trinajstić information content (AvgIpc) is 3.04. The maximum atomic E-state index is 11.8. The van der Waals surface area contributed by atoms with Crippen molar-refractivity contribution in [3.05, 3.63) is 35.9 Å². The Morgan fingerprint density at radius 3 is 2.32 bits per heavy atom. The van der Waals surface area contributed by atoms with Crippen LogP contribution >= 0.6 is 0 Å². The van der Waals surface area contributed by atoms with Gasteiger partial charge in [0.2, 0.25) is 10.0 Å². The molecule has 1 aliphatic carbocycles. The molecule has 2 aliphatic rings. The molecule has 0 spiro atoms. The van der Waals surface area contributed by atoms with Crippen molar-refractivity contribution < 1.29 is 13.2 Å². The fourth-order valence-electron chi connectivity index (χ4n) is 4.94. The highest BCUT2D eigenvalue weighted by molar-refractivity contribution is 7.88. The van der Waals surface area contributed by atoms with E-state index in [4.69, 9.17) is 4.74 Å². The molecule has 1 saturated carbocycles. The van der Waals surface area contributed by atoms with Crippen LogP contribution in [0.1, 0.15) is 70.3 Å². The van der Waals surface area contributed by atoms with E-state index in [0.717, 1.165) is 44.9 Å². The van der Waals surface area contributed by atoms with Crippen LogP contribution in [-0.4, -0.2) is 45.0 Å². The van der Waals surface area contributed by atoms with Gasteiger partial charge in [0.1, 0.15) is 0 Å². The predicted molar refractivity (Wildman–Crippen MR) is 114 cm³/mol. The van der Waals surface area contributed by atoms with Crippen LogP contribution in [0.3, 0.4) is 0 Å². The Hall–Kier alpha value is -0.950. The summed E-state index contributed by atoms with van der Waals surface area (Å²) >= 11 is 0. The van der Waals surface area contributed by atoms with Crippen molar-refractivity contribution in [1.29, 1.82) is 0 Å². The molecule has 1 heterocycles. The Morgan fingerprint density at radius 2 is 1.75 bits per heavy atom. The maximum absolute atomic E-state index is 11.8. The number of nitrogens with one attached hydrogen (secondary N) is 2. The zero-order chi connectivity index (χ0) is 20.2. The number of benzene rings is 1. The Bertz CT molecular complexity index is 711. The quantitative estimate of drug-likeness (QED) is 0.690. The number of hydrogen-bond acceptors (Lipinski definition) is 4. The molecule has 1 aromatic rings. The van der Waals surface area contributed by atoms with E-state index in [0.29, 0.717) is 12.5 Å². The molecule has 2 N–H and O–H groups in total. The van der Waals surface area contributed by atoms with Crippen LogP contribution < -0.4 is 10.0 Å². The zero-order valence-electron chi connectivity index (χ0n) is 17.5. The van der Waals surface area contributed by atoms with Gasteiger partial charge in [-0.25, -0.2) is 13.1 Å². The van der Waals surface area contributed by atoms with E-state index in [2.05, 4.69) is 54.2 Å². The van der Waals surface area contributed by atoms with E-state index in [1.807, 2.05) is 0 Å². The highest BCUT2D eigenvalue weighted by Crippen LogP contribution is 2.35. The highest BCUT2D eigenvalue weighted by Gasteiger charge is 2.43. The van der Waals surface area contributed by atoms with Crippen LogP contribution in [0.5, 0.6) is 0 Å². The SMILES string of the molecule is CCC1(CC)C[C@@H](NS(C)(=O)=O)[C@@H](COC2CCC(c3ccccc3)CC2)N1. The maximum Gasteiger partial charge on any atom is 0.209 e. The Labute approximate surface area is 170 Å². The first-order valence-electron chi connectivity index (χ1n) is 10.8. The van der Waals surface area contributed by atoms with Crippen molar-refractivity contribution in [1.82, 2.24) is 10.0 Å². The lowest BCUT2D eigenvalue weighted by Crippen LogP contribution is -2.48. The van der Waals surface area contributed by atoms with Gasteiger partial charge in [-0.15, -0.1) is 0 Å². The summed E-state index contributed by atoms with van der Waals surface area (Å²) in [5.41, 5.74) is 1.44. The molecule has 1 aliphatic heterocycles. The molecule has 28 heavy (non-hydrogen) atoms. The topological polar surface area (TPSA) is 67.4 Å². The first kappa shape index (κ1) is 21.8. The molecule has 2 fully saturated rings. The number of rotatable bonds is 8. The molecular weight excluding hydrogens is 372 g/mol. The van der Waals surface area contributed by atoms with Crippen molar-refractivity contribution in [2.75, 3.05) is 12.9 Å². The van der Waals surface area contributed by atoms with E-state index in [1.54, 1.807) is 0 Å². The van der Waals surface area contributed by atoms with Crippen molar-refractivity contribution >= 4 is 10.0 Å². The summed E-state index contributed by atoms with van der Waals surface area (Å²) in [5, 5.41) is 3.70. The van der Waals surface area contributed by atoms with Crippen molar-refractivity contribution in [3.8, 4) is 0 Å². The summed E-state index contributed by atoms with van der Waals surface area (Å²) in [6, 6.07) is 10.7. The summed E-state index contributed by atoms with van der Waals surface area (Å²) in [6.07, 6.45) is 8.78. The van der Waals surface area contributed by atoms with E-state index in [9.17, 15) is 8.42 Å². The van der Waals surface area contributed by atoms with E-state index < -0.39 is 10.0 Å². The highest BCUT2D eigenvalue weighted by atomic mass is 32.2. The summed E-state index contributed by atoms with van der Waals surface area (Å²) < 4.78 is 32.8. The third-order valence-corrected chi connectivity index (χ3v) is 7.49. The van der Waals surface area contributed by atoms with Gasteiger partial charge in [-0.1, -0.05) is 44.2 Å². The predicted octanol–water partition coefficient (Wildman–Crippen LogP) is 3.57. The molecule has 0 bridgehead atoms. The lowest BCUT2D eigenvalue weighted by atomic mass is 9.83. The lowest BCUT2D eigenvalue weighted by Gasteiger charge is -2.31. The summed E-state index contributed by atoms with van der Waals surface area (Å²) in [6.45, 7) is 4.90. The molecule has 158 valence electrons. The number of ether oxygens (including phenoxy) is 1. The summed E-state index contributed by atoms with van der Waals surface area (Å²) in [7, 11) is -3.23. The minimum atomic E-state index is -3.23. The zero-order valence-corrected chi connectivity index (χ0v) is 18.3. The molecule has 0 unspecified atom stereocenters. The fourth-order valence-corrected chi connectivity index (χ4v) is 5.74. The minimum absolute atomic E-state index is 0.00134. The Kier molecular flexibility index (Phi) is 7.18. The van der Waals surface area contributed by atoms with Gasteiger partial charge >= 0.3 is 0 Å². The van der Waals surface area contributed by atoms with Crippen LogP contribution in [0.2, 0.25) is 0 Å². The average molecular weight is 409 g/mol. The monoisotopic (exact) mass is 408 g/mol. The number of sulfonamides is 1. The number of hydrogen-bond donors (Lipinski definition) is 2. The van der Waals surface area contributed by atoms with Gasteiger partial charge in [-0.05, 0) is 56.4 Å². The smallest absolute Gasteiger partial charge is 0.209 e. The van der Waals surface area contributed by atoms with Gasteiger partial charge in [0.25, 0.3) is 0 Å². The molecule has 0 radical (unpaired) electrons. The molecule has 0 aromatic heterocycles. The molecule has 1 saturated heterocycles. The van der Waals surface area contributed by atoms with Crippen LogP contribution in [0.15, 0.2) is 30.3 Å². The van der Waals surface area contributed by atoms with Crippen LogP contribution in [0.25, 0.3) is 0 Å². The molecule has 5 nitrogen and oxygen atoms in total. The first-order valence-corrected chi connectivity index (χ1v) is 12.6. The van der Waals surface area contributed by atoms with Crippen LogP contribution in [0, 0.1) is 0 Å². The summed E-state index contributed by atoms with van der Waals surface area (Å²) in [5.74, 6) is 0.637.